The van der Waals surface area contributed by atoms with E-state index in [9.17, 15) is 0 Å². The van der Waals surface area contributed by atoms with E-state index in [0.717, 1.165) is 29.8 Å². The minimum Gasteiger partial charge on any atom is -0.439 e. The minimum absolute atomic E-state index is 0.501. The number of hydrogen-bond acceptors (Lipinski definition) is 3. The quantitative estimate of drug-likeness (QED) is 0.891. The van der Waals surface area contributed by atoms with E-state index < -0.39 is 0 Å². The summed E-state index contributed by atoms with van der Waals surface area (Å²) in [5.41, 5.74) is 9.04. The van der Waals surface area contributed by atoms with Crippen LogP contribution in [0.3, 0.4) is 0 Å². The van der Waals surface area contributed by atoms with Gasteiger partial charge in [0.15, 0.2) is 0 Å². The Morgan fingerprint density at radius 2 is 1.74 bits per heavy atom. The smallest absolute Gasteiger partial charge is 0.219 e. The first-order chi connectivity index (χ1) is 9.25. The first-order valence-corrected chi connectivity index (χ1v) is 6.71. The topological polar surface area (TPSA) is 48.1 Å². The van der Waals surface area contributed by atoms with Gasteiger partial charge >= 0.3 is 0 Å². The summed E-state index contributed by atoms with van der Waals surface area (Å²) < 4.78 is 5.80. The highest BCUT2D eigenvalue weighted by atomic mass is 16.5. The third kappa shape index (κ3) is 3.55. The van der Waals surface area contributed by atoms with Gasteiger partial charge in [0.2, 0.25) is 5.88 Å². The highest BCUT2D eigenvalue weighted by Crippen LogP contribution is 2.22. The number of ether oxygens (including phenoxy) is 1. The van der Waals surface area contributed by atoms with Crippen molar-refractivity contribution in [2.75, 3.05) is 0 Å². The van der Waals surface area contributed by atoms with Crippen molar-refractivity contribution in [1.82, 2.24) is 4.98 Å². The third-order valence-corrected chi connectivity index (χ3v) is 3.07. The van der Waals surface area contributed by atoms with Crippen molar-refractivity contribution in [3.63, 3.8) is 0 Å². The molecule has 2 aromatic rings. The molecule has 3 heteroatoms. The van der Waals surface area contributed by atoms with Crippen LogP contribution in [0, 0.1) is 0 Å². The Hall–Kier alpha value is -1.87. The number of hydrogen-bond donors (Lipinski definition) is 1. The predicted octanol–water partition coefficient (Wildman–Crippen LogP) is 3.46. The molecule has 0 fully saturated rings. The van der Waals surface area contributed by atoms with Crippen LogP contribution in [0.2, 0.25) is 0 Å². The van der Waals surface area contributed by atoms with Gasteiger partial charge in [-0.15, -0.1) is 0 Å². The molecular formula is C16H20N2O. The Morgan fingerprint density at radius 3 is 2.32 bits per heavy atom. The lowest BCUT2D eigenvalue weighted by atomic mass is 10.2. The molecule has 0 bridgehead atoms. The summed E-state index contributed by atoms with van der Waals surface area (Å²) in [4.78, 5) is 4.46. The molecular weight excluding hydrogens is 236 g/mol. The zero-order valence-corrected chi connectivity index (χ0v) is 11.5. The average Bonchev–Trinajstić information content (AvgIpc) is 2.47. The maximum absolute atomic E-state index is 5.80. The Morgan fingerprint density at radius 1 is 1.00 bits per heavy atom. The van der Waals surface area contributed by atoms with E-state index in [1.54, 1.807) is 0 Å². The van der Waals surface area contributed by atoms with Crippen molar-refractivity contribution in [3.8, 4) is 11.6 Å². The molecule has 0 aliphatic carbocycles. The van der Waals surface area contributed by atoms with Crippen LogP contribution >= 0.6 is 0 Å². The number of nitrogens with zero attached hydrogens (tertiary/aromatic N) is 1. The van der Waals surface area contributed by atoms with Crippen LogP contribution in [-0.2, 0) is 19.4 Å². The highest BCUT2D eigenvalue weighted by molar-refractivity contribution is 5.32. The first kappa shape index (κ1) is 13.6. The summed E-state index contributed by atoms with van der Waals surface area (Å²) in [6.07, 6.45) is 1.90. The van der Waals surface area contributed by atoms with Crippen LogP contribution in [-0.4, -0.2) is 4.98 Å². The summed E-state index contributed by atoms with van der Waals surface area (Å²) in [5.74, 6) is 1.42. The highest BCUT2D eigenvalue weighted by Gasteiger charge is 2.03. The standard InChI is InChI=1S/C16H20N2O/c1-3-12-5-7-15(8-6-12)19-16-10-13(11-17)9-14(4-2)18-16/h5-10H,3-4,11,17H2,1-2H3. The zero-order valence-electron chi connectivity index (χ0n) is 11.5. The molecule has 0 spiro atoms. The second kappa shape index (κ2) is 6.34. The number of aromatic nitrogens is 1. The average molecular weight is 256 g/mol. The Balaban J connectivity index is 2.21. The molecule has 2 rings (SSSR count). The third-order valence-electron chi connectivity index (χ3n) is 3.07. The maximum atomic E-state index is 5.80. The number of rotatable bonds is 5. The van der Waals surface area contributed by atoms with Crippen LogP contribution in [0.5, 0.6) is 11.6 Å². The van der Waals surface area contributed by atoms with Gasteiger partial charge in [0, 0.05) is 18.3 Å². The second-order valence-electron chi connectivity index (χ2n) is 4.46. The largest absolute Gasteiger partial charge is 0.439 e. The van der Waals surface area contributed by atoms with E-state index in [0.29, 0.717) is 12.4 Å². The first-order valence-electron chi connectivity index (χ1n) is 6.71. The summed E-state index contributed by atoms with van der Waals surface area (Å²) >= 11 is 0. The van der Waals surface area contributed by atoms with E-state index in [-0.39, 0.29) is 0 Å². The lowest BCUT2D eigenvalue weighted by molar-refractivity contribution is 0.460. The normalized spacial score (nSPS) is 10.5. The molecule has 0 amide bonds. The lowest BCUT2D eigenvalue weighted by Crippen LogP contribution is -2.00. The molecule has 1 aromatic heterocycles. The van der Waals surface area contributed by atoms with Crippen molar-refractivity contribution >= 4 is 0 Å². The van der Waals surface area contributed by atoms with Gasteiger partial charge in [-0.05, 0) is 42.2 Å². The molecule has 1 heterocycles. The van der Waals surface area contributed by atoms with E-state index >= 15 is 0 Å². The molecule has 0 atom stereocenters. The molecule has 0 unspecified atom stereocenters. The lowest BCUT2D eigenvalue weighted by Gasteiger charge is -2.09. The molecule has 2 N–H and O–H groups in total. The van der Waals surface area contributed by atoms with Crippen LogP contribution in [0.15, 0.2) is 36.4 Å². The fraction of sp³-hybridized carbons (Fsp3) is 0.312. The van der Waals surface area contributed by atoms with Crippen molar-refractivity contribution < 1.29 is 4.74 Å². The van der Waals surface area contributed by atoms with Crippen molar-refractivity contribution in [2.24, 2.45) is 5.73 Å². The summed E-state index contributed by atoms with van der Waals surface area (Å²) in [5, 5.41) is 0. The Labute approximate surface area is 114 Å². The second-order valence-corrected chi connectivity index (χ2v) is 4.46. The summed E-state index contributed by atoms with van der Waals surface area (Å²) in [6.45, 7) is 4.71. The van der Waals surface area contributed by atoms with Gasteiger partial charge in [-0.3, -0.25) is 0 Å². The molecule has 0 aliphatic rings. The fourth-order valence-electron chi connectivity index (χ4n) is 1.89. The van der Waals surface area contributed by atoms with Crippen LogP contribution < -0.4 is 10.5 Å². The molecule has 19 heavy (non-hydrogen) atoms. The zero-order chi connectivity index (χ0) is 13.7. The van der Waals surface area contributed by atoms with Crippen molar-refractivity contribution in [2.45, 2.75) is 33.2 Å². The van der Waals surface area contributed by atoms with Gasteiger partial charge in [-0.2, -0.15) is 0 Å². The molecule has 0 saturated heterocycles. The number of aryl methyl sites for hydroxylation is 2. The summed E-state index contributed by atoms with van der Waals surface area (Å²) in [7, 11) is 0. The van der Waals surface area contributed by atoms with Crippen LogP contribution in [0.4, 0.5) is 0 Å². The van der Waals surface area contributed by atoms with Gasteiger partial charge in [0.05, 0.1) is 0 Å². The monoisotopic (exact) mass is 256 g/mol. The molecule has 3 nitrogen and oxygen atoms in total. The van der Waals surface area contributed by atoms with Crippen molar-refractivity contribution in [3.05, 3.63) is 53.2 Å². The van der Waals surface area contributed by atoms with Gasteiger partial charge in [0.25, 0.3) is 0 Å². The number of pyridine rings is 1. The predicted molar refractivity (Wildman–Crippen MR) is 77.4 cm³/mol. The van der Waals surface area contributed by atoms with Gasteiger partial charge in [0.1, 0.15) is 5.75 Å². The van der Waals surface area contributed by atoms with Gasteiger partial charge in [-0.1, -0.05) is 26.0 Å². The van der Waals surface area contributed by atoms with Crippen LogP contribution in [0.25, 0.3) is 0 Å². The Kier molecular flexibility index (Phi) is 4.53. The van der Waals surface area contributed by atoms with E-state index in [1.165, 1.54) is 5.56 Å². The van der Waals surface area contributed by atoms with Crippen molar-refractivity contribution in [1.29, 1.82) is 0 Å². The minimum atomic E-state index is 0.501. The van der Waals surface area contributed by atoms with Gasteiger partial charge < -0.3 is 10.5 Å². The van der Waals surface area contributed by atoms with E-state index in [2.05, 4.69) is 31.0 Å². The molecule has 0 saturated carbocycles. The molecule has 1 aromatic carbocycles. The Bertz CT molecular complexity index is 513. The van der Waals surface area contributed by atoms with Gasteiger partial charge in [-0.25, -0.2) is 4.98 Å². The maximum Gasteiger partial charge on any atom is 0.219 e. The van der Waals surface area contributed by atoms with E-state index in [1.807, 2.05) is 24.3 Å². The number of nitrogens with two attached hydrogens (primary N) is 1. The van der Waals surface area contributed by atoms with E-state index in [4.69, 9.17) is 10.5 Å². The fourth-order valence-corrected chi connectivity index (χ4v) is 1.89. The molecule has 100 valence electrons. The van der Waals surface area contributed by atoms with Crippen LogP contribution in [0.1, 0.15) is 30.7 Å². The molecule has 0 radical (unpaired) electrons. The summed E-state index contributed by atoms with van der Waals surface area (Å²) in [6, 6.07) is 12.0. The molecule has 0 aliphatic heterocycles. The SMILES string of the molecule is CCc1ccc(Oc2cc(CN)cc(CC)n2)cc1. The number of benzene rings is 1.